The van der Waals surface area contributed by atoms with E-state index in [2.05, 4.69) is 10.3 Å². The molecule has 1 N–H and O–H groups in total. The standard InChI is InChI=1S/C23H20ClN3O2/c1-15-6-4-8-17(12-15)27-20(22-18(23(27)29)9-5-11-25-22)13-21(28)26-14-16-7-2-3-10-19(16)24/h2-12,20H,13-14H2,1H3,(H,26,28)/t20-/m1/s1. The van der Waals surface area contributed by atoms with E-state index in [-0.39, 0.29) is 18.2 Å². The van der Waals surface area contributed by atoms with Gasteiger partial charge in [0, 0.05) is 23.5 Å². The highest BCUT2D eigenvalue weighted by atomic mass is 35.5. The molecule has 2 heterocycles. The number of nitrogens with one attached hydrogen (secondary N) is 1. The molecular weight excluding hydrogens is 386 g/mol. The first-order chi connectivity index (χ1) is 14.0. The number of rotatable bonds is 5. The van der Waals surface area contributed by atoms with Crippen LogP contribution < -0.4 is 10.2 Å². The molecule has 0 aliphatic carbocycles. The number of hydrogen-bond acceptors (Lipinski definition) is 3. The minimum absolute atomic E-state index is 0.119. The van der Waals surface area contributed by atoms with Gasteiger partial charge in [0.1, 0.15) is 0 Å². The van der Waals surface area contributed by atoms with Crippen molar-refractivity contribution in [2.24, 2.45) is 0 Å². The van der Waals surface area contributed by atoms with Crippen LogP contribution in [0.25, 0.3) is 0 Å². The minimum atomic E-state index is -0.452. The maximum atomic E-state index is 13.1. The molecule has 1 aliphatic heterocycles. The SMILES string of the molecule is Cc1cccc(N2C(=O)c3cccnc3[C@H]2CC(=O)NCc2ccccc2Cl)c1. The smallest absolute Gasteiger partial charge is 0.260 e. The van der Waals surface area contributed by atoms with Crippen molar-refractivity contribution >= 4 is 29.1 Å². The fourth-order valence-corrected chi connectivity index (χ4v) is 3.81. The van der Waals surface area contributed by atoms with E-state index in [4.69, 9.17) is 11.6 Å². The molecule has 29 heavy (non-hydrogen) atoms. The molecule has 4 rings (SSSR count). The molecule has 0 bridgehead atoms. The molecule has 2 amide bonds. The van der Waals surface area contributed by atoms with Crippen molar-refractivity contribution in [3.63, 3.8) is 0 Å². The predicted molar refractivity (Wildman–Crippen MR) is 113 cm³/mol. The van der Waals surface area contributed by atoms with Crippen LogP contribution in [0.3, 0.4) is 0 Å². The van der Waals surface area contributed by atoms with Crippen molar-refractivity contribution in [3.8, 4) is 0 Å². The van der Waals surface area contributed by atoms with E-state index in [0.29, 0.717) is 22.8 Å². The average molecular weight is 406 g/mol. The number of halogens is 1. The normalized spacial score (nSPS) is 15.3. The van der Waals surface area contributed by atoms with Crippen LogP contribution in [0.1, 0.15) is 39.6 Å². The van der Waals surface area contributed by atoms with E-state index < -0.39 is 6.04 Å². The van der Waals surface area contributed by atoms with Gasteiger partial charge in [0.05, 0.1) is 23.7 Å². The van der Waals surface area contributed by atoms with Crippen molar-refractivity contribution < 1.29 is 9.59 Å². The molecule has 0 saturated heterocycles. The van der Waals surface area contributed by atoms with E-state index in [0.717, 1.165) is 16.8 Å². The lowest BCUT2D eigenvalue weighted by molar-refractivity contribution is -0.121. The fraction of sp³-hybridized carbons (Fsp3) is 0.174. The second-order valence-corrected chi connectivity index (χ2v) is 7.45. The lowest BCUT2D eigenvalue weighted by Gasteiger charge is -2.25. The van der Waals surface area contributed by atoms with Crippen LogP contribution in [-0.4, -0.2) is 16.8 Å². The van der Waals surface area contributed by atoms with E-state index in [1.54, 1.807) is 29.3 Å². The zero-order valence-electron chi connectivity index (χ0n) is 15.9. The maximum absolute atomic E-state index is 13.1. The monoisotopic (exact) mass is 405 g/mol. The molecule has 0 spiro atoms. The third-order valence-electron chi connectivity index (χ3n) is 5.01. The van der Waals surface area contributed by atoms with Crippen molar-refractivity contribution in [1.29, 1.82) is 0 Å². The Balaban J connectivity index is 1.58. The molecule has 2 aromatic carbocycles. The van der Waals surface area contributed by atoms with Crippen molar-refractivity contribution in [2.75, 3.05) is 4.90 Å². The summed E-state index contributed by atoms with van der Waals surface area (Å²) in [6.07, 6.45) is 1.77. The minimum Gasteiger partial charge on any atom is -0.352 e. The molecule has 1 aromatic heterocycles. The number of amides is 2. The molecule has 0 radical (unpaired) electrons. The number of anilines is 1. The van der Waals surface area contributed by atoms with Crippen LogP contribution in [0.4, 0.5) is 5.69 Å². The number of benzene rings is 2. The highest BCUT2D eigenvalue weighted by Crippen LogP contribution is 2.38. The molecule has 146 valence electrons. The first-order valence-electron chi connectivity index (χ1n) is 9.40. The molecular formula is C23H20ClN3O2. The fourth-order valence-electron chi connectivity index (χ4n) is 3.60. The number of aryl methyl sites for hydroxylation is 1. The van der Waals surface area contributed by atoms with Crippen molar-refractivity contribution in [2.45, 2.75) is 25.9 Å². The van der Waals surface area contributed by atoms with Gasteiger partial charge in [-0.1, -0.05) is 41.9 Å². The topological polar surface area (TPSA) is 62.3 Å². The Hall–Kier alpha value is -3.18. The van der Waals surface area contributed by atoms with Gasteiger partial charge in [0.15, 0.2) is 0 Å². The predicted octanol–water partition coefficient (Wildman–Crippen LogP) is 4.45. The highest BCUT2D eigenvalue weighted by molar-refractivity contribution is 6.31. The molecule has 0 saturated carbocycles. The van der Waals surface area contributed by atoms with E-state index >= 15 is 0 Å². The average Bonchev–Trinajstić information content (AvgIpc) is 2.99. The highest BCUT2D eigenvalue weighted by Gasteiger charge is 2.39. The summed E-state index contributed by atoms with van der Waals surface area (Å²) in [5.41, 5.74) is 3.82. The van der Waals surface area contributed by atoms with Gasteiger partial charge < -0.3 is 5.32 Å². The first kappa shape index (κ1) is 19.2. The van der Waals surface area contributed by atoms with Crippen LogP contribution in [0.5, 0.6) is 0 Å². The number of carbonyl (C=O) groups excluding carboxylic acids is 2. The lowest BCUT2D eigenvalue weighted by Crippen LogP contribution is -2.33. The summed E-state index contributed by atoms with van der Waals surface area (Å²) in [4.78, 5) is 31.9. The molecule has 5 nitrogen and oxygen atoms in total. The first-order valence-corrected chi connectivity index (χ1v) is 9.77. The number of aromatic nitrogens is 1. The summed E-state index contributed by atoms with van der Waals surface area (Å²) in [7, 11) is 0. The summed E-state index contributed by atoms with van der Waals surface area (Å²) >= 11 is 6.17. The van der Waals surface area contributed by atoms with Gasteiger partial charge in [0.2, 0.25) is 5.91 Å². The largest absolute Gasteiger partial charge is 0.352 e. The number of fused-ring (bicyclic) bond motifs is 1. The van der Waals surface area contributed by atoms with Gasteiger partial charge in [-0.15, -0.1) is 0 Å². The Kier molecular flexibility index (Phi) is 5.32. The van der Waals surface area contributed by atoms with Gasteiger partial charge >= 0.3 is 0 Å². The Morgan fingerprint density at radius 2 is 1.97 bits per heavy atom. The van der Waals surface area contributed by atoms with Gasteiger partial charge in [-0.25, -0.2) is 0 Å². The van der Waals surface area contributed by atoms with E-state index in [9.17, 15) is 9.59 Å². The van der Waals surface area contributed by atoms with E-state index in [1.807, 2.05) is 49.4 Å². The van der Waals surface area contributed by atoms with Crippen molar-refractivity contribution in [3.05, 3.63) is 94.3 Å². The summed E-state index contributed by atoms with van der Waals surface area (Å²) in [5.74, 6) is -0.304. The quantitative estimate of drug-likeness (QED) is 0.682. The zero-order valence-corrected chi connectivity index (χ0v) is 16.7. The van der Waals surface area contributed by atoms with Gasteiger partial charge in [-0.3, -0.25) is 19.5 Å². The zero-order chi connectivity index (χ0) is 20.4. The second kappa shape index (κ2) is 8.05. The van der Waals surface area contributed by atoms with Gasteiger partial charge in [-0.05, 0) is 48.4 Å². The number of nitrogens with zero attached hydrogens (tertiary/aromatic N) is 2. The van der Waals surface area contributed by atoms with Gasteiger partial charge in [0.25, 0.3) is 5.91 Å². The Morgan fingerprint density at radius 3 is 2.76 bits per heavy atom. The number of hydrogen-bond donors (Lipinski definition) is 1. The Labute approximate surface area is 174 Å². The number of pyridine rings is 1. The third-order valence-corrected chi connectivity index (χ3v) is 5.38. The second-order valence-electron chi connectivity index (χ2n) is 7.04. The summed E-state index contributed by atoms with van der Waals surface area (Å²) in [6, 6.07) is 18.1. The molecule has 6 heteroatoms. The van der Waals surface area contributed by atoms with Crippen molar-refractivity contribution in [1.82, 2.24) is 10.3 Å². The van der Waals surface area contributed by atoms with E-state index in [1.165, 1.54) is 0 Å². The molecule has 0 fully saturated rings. The molecule has 1 aliphatic rings. The van der Waals surface area contributed by atoms with Crippen LogP contribution >= 0.6 is 11.6 Å². The third kappa shape index (κ3) is 3.87. The van der Waals surface area contributed by atoms with Crippen LogP contribution in [0, 0.1) is 6.92 Å². The maximum Gasteiger partial charge on any atom is 0.260 e. The molecule has 3 aromatic rings. The molecule has 1 atom stereocenters. The summed E-state index contributed by atoms with van der Waals surface area (Å²) < 4.78 is 0. The van der Waals surface area contributed by atoms with Crippen LogP contribution in [0.15, 0.2) is 66.9 Å². The van der Waals surface area contributed by atoms with Crippen LogP contribution in [0.2, 0.25) is 5.02 Å². The molecule has 0 unspecified atom stereocenters. The summed E-state index contributed by atoms with van der Waals surface area (Å²) in [5, 5.41) is 3.52. The van der Waals surface area contributed by atoms with Crippen LogP contribution in [-0.2, 0) is 11.3 Å². The Morgan fingerprint density at radius 1 is 1.14 bits per heavy atom. The van der Waals surface area contributed by atoms with Gasteiger partial charge in [-0.2, -0.15) is 0 Å². The number of carbonyl (C=O) groups is 2. The Bertz CT molecular complexity index is 1080. The lowest BCUT2D eigenvalue weighted by atomic mass is 10.1. The summed E-state index contributed by atoms with van der Waals surface area (Å²) in [6.45, 7) is 2.31.